The average molecular weight is 330 g/mol. The number of halogens is 1. The van der Waals surface area contributed by atoms with E-state index in [1.807, 2.05) is 0 Å². The molecule has 1 aliphatic heterocycles. The smallest absolute Gasteiger partial charge is 0.137 e. The maximum atomic E-state index is 13.6. The van der Waals surface area contributed by atoms with E-state index in [9.17, 15) is 4.39 Å². The number of fused-ring (bicyclic) bond motifs is 1. The van der Waals surface area contributed by atoms with Gasteiger partial charge in [0.1, 0.15) is 18.0 Å². The number of anilines is 1. The van der Waals surface area contributed by atoms with E-state index < -0.39 is 0 Å². The van der Waals surface area contributed by atoms with Gasteiger partial charge in [-0.05, 0) is 43.9 Å². The molecule has 2 fully saturated rings. The molecule has 1 N–H and O–H groups in total. The predicted octanol–water partition coefficient (Wildman–Crippen LogP) is 2.82. The van der Waals surface area contributed by atoms with Crippen LogP contribution in [0, 0.1) is 5.82 Å². The van der Waals surface area contributed by atoms with E-state index in [0.29, 0.717) is 12.1 Å². The quantitative estimate of drug-likeness (QED) is 0.938. The van der Waals surface area contributed by atoms with Crippen molar-refractivity contribution >= 4 is 16.7 Å². The molecule has 1 saturated heterocycles. The fourth-order valence-corrected chi connectivity index (χ4v) is 3.87. The Kier molecular flexibility index (Phi) is 4.58. The summed E-state index contributed by atoms with van der Waals surface area (Å²) in [6.45, 7) is 3.82. The van der Waals surface area contributed by atoms with Crippen molar-refractivity contribution in [1.82, 2.24) is 14.9 Å². The van der Waals surface area contributed by atoms with E-state index in [4.69, 9.17) is 4.74 Å². The molecule has 2 heterocycles. The van der Waals surface area contributed by atoms with Gasteiger partial charge in [0, 0.05) is 30.6 Å². The molecular weight excluding hydrogens is 307 g/mol. The van der Waals surface area contributed by atoms with Crippen LogP contribution >= 0.6 is 0 Å². The zero-order valence-electron chi connectivity index (χ0n) is 13.7. The van der Waals surface area contributed by atoms with Gasteiger partial charge < -0.3 is 10.1 Å². The van der Waals surface area contributed by atoms with E-state index >= 15 is 0 Å². The molecule has 24 heavy (non-hydrogen) atoms. The summed E-state index contributed by atoms with van der Waals surface area (Å²) in [6.07, 6.45) is 6.15. The van der Waals surface area contributed by atoms with Gasteiger partial charge in [0.25, 0.3) is 0 Å². The van der Waals surface area contributed by atoms with Crippen molar-refractivity contribution in [2.75, 3.05) is 31.6 Å². The third-order valence-corrected chi connectivity index (χ3v) is 5.20. The lowest BCUT2D eigenvalue weighted by molar-refractivity contribution is 0.00791. The molecule has 1 aromatic heterocycles. The number of aromatic nitrogens is 2. The highest BCUT2D eigenvalue weighted by molar-refractivity contribution is 5.88. The Bertz CT molecular complexity index is 696. The van der Waals surface area contributed by atoms with E-state index in [-0.39, 0.29) is 5.82 Å². The summed E-state index contributed by atoms with van der Waals surface area (Å²) >= 11 is 0. The summed E-state index contributed by atoms with van der Waals surface area (Å²) in [5.74, 6) is 0.491. The van der Waals surface area contributed by atoms with Crippen molar-refractivity contribution in [2.45, 2.75) is 37.8 Å². The standard InChI is InChI=1S/C18H23FN4O/c19-13-1-6-17-16(11-13)18(21-12-20-17)22-14-2-4-15(5-3-14)23-7-9-24-10-8-23/h1,6,11-12,14-15H,2-5,7-10H2,(H,20,21,22)/t14-,15-. The molecule has 1 saturated carbocycles. The van der Waals surface area contributed by atoms with Crippen molar-refractivity contribution < 1.29 is 9.13 Å². The Morgan fingerprint density at radius 2 is 1.88 bits per heavy atom. The number of hydrogen-bond donors (Lipinski definition) is 1. The number of morpholine rings is 1. The Hall–Kier alpha value is -1.79. The van der Waals surface area contributed by atoms with E-state index in [2.05, 4.69) is 20.2 Å². The fraction of sp³-hybridized carbons (Fsp3) is 0.556. The Morgan fingerprint density at radius 1 is 1.08 bits per heavy atom. The minimum Gasteiger partial charge on any atom is -0.379 e. The Morgan fingerprint density at radius 3 is 2.67 bits per heavy atom. The highest BCUT2D eigenvalue weighted by Crippen LogP contribution is 2.28. The minimum absolute atomic E-state index is 0.253. The van der Waals surface area contributed by atoms with Crippen molar-refractivity contribution in [2.24, 2.45) is 0 Å². The van der Waals surface area contributed by atoms with Gasteiger partial charge in [-0.1, -0.05) is 0 Å². The summed E-state index contributed by atoms with van der Waals surface area (Å²) in [4.78, 5) is 11.1. The second-order valence-electron chi connectivity index (χ2n) is 6.68. The third-order valence-electron chi connectivity index (χ3n) is 5.20. The maximum absolute atomic E-state index is 13.6. The van der Waals surface area contributed by atoms with Crippen LogP contribution in [-0.2, 0) is 4.74 Å². The van der Waals surface area contributed by atoms with E-state index in [1.165, 1.54) is 25.0 Å². The first-order valence-electron chi connectivity index (χ1n) is 8.78. The predicted molar refractivity (Wildman–Crippen MR) is 91.6 cm³/mol. The van der Waals surface area contributed by atoms with Crippen LogP contribution in [0.3, 0.4) is 0 Å². The van der Waals surface area contributed by atoms with Gasteiger partial charge in [0.15, 0.2) is 0 Å². The summed E-state index contributed by atoms with van der Waals surface area (Å²) in [7, 11) is 0. The van der Waals surface area contributed by atoms with Crippen LogP contribution in [0.1, 0.15) is 25.7 Å². The van der Waals surface area contributed by atoms with Gasteiger partial charge >= 0.3 is 0 Å². The lowest BCUT2D eigenvalue weighted by atomic mass is 9.90. The first kappa shape index (κ1) is 15.7. The molecule has 0 unspecified atom stereocenters. The molecule has 128 valence electrons. The second kappa shape index (κ2) is 6.99. The first-order valence-corrected chi connectivity index (χ1v) is 8.78. The molecule has 0 radical (unpaired) electrons. The monoisotopic (exact) mass is 330 g/mol. The number of nitrogens with zero attached hydrogens (tertiary/aromatic N) is 3. The maximum Gasteiger partial charge on any atom is 0.137 e. The van der Waals surface area contributed by atoms with Crippen LogP contribution in [0.25, 0.3) is 10.9 Å². The van der Waals surface area contributed by atoms with Crippen LogP contribution in [0.15, 0.2) is 24.5 Å². The molecule has 0 spiro atoms. The van der Waals surface area contributed by atoms with Gasteiger partial charge in [0.2, 0.25) is 0 Å². The van der Waals surface area contributed by atoms with E-state index in [1.54, 1.807) is 12.4 Å². The second-order valence-corrected chi connectivity index (χ2v) is 6.68. The topological polar surface area (TPSA) is 50.3 Å². The van der Waals surface area contributed by atoms with E-state index in [0.717, 1.165) is 55.9 Å². The molecule has 1 aliphatic carbocycles. The number of rotatable bonds is 3. The van der Waals surface area contributed by atoms with Gasteiger partial charge in [0.05, 0.1) is 18.7 Å². The highest BCUT2D eigenvalue weighted by Gasteiger charge is 2.27. The first-order chi connectivity index (χ1) is 11.8. The van der Waals surface area contributed by atoms with Gasteiger partial charge in [-0.3, -0.25) is 4.90 Å². The molecule has 6 heteroatoms. The normalized spacial score (nSPS) is 25.7. The lowest BCUT2D eigenvalue weighted by Crippen LogP contribution is -2.46. The molecule has 4 rings (SSSR count). The van der Waals surface area contributed by atoms with Crippen LogP contribution in [-0.4, -0.2) is 53.3 Å². The molecule has 2 aliphatic rings. The number of hydrogen-bond acceptors (Lipinski definition) is 5. The van der Waals surface area contributed by atoms with Crippen molar-refractivity contribution in [3.8, 4) is 0 Å². The molecule has 0 bridgehead atoms. The third kappa shape index (κ3) is 3.35. The average Bonchev–Trinajstić information content (AvgIpc) is 2.64. The van der Waals surface area contributed by atoms with Gasteiger partial charge in [-0.25, -0.2) is 14.4 Å². The number of benzene rings is 1. The Labute approximate surface area is 141 Å². The summed E-state index contributed by atoms with van der Waals surface area (Å²) in [6, 6.07) is 5.71. The SMILES string of the molecule is Fc1ccc2ncnc(N[C@H]3CC[C@H](N4CCOCC4)CC3)c2c1. The molecular formula is C18H23FN4O. The molecule has 0 amide bonds. The summed E-state index contributed by atoms with van der Waals surface area (Å²) < 4.78 is 19.0. The van der Waals surface area contributed by atoms with Crippen LogP contribution < -0.4 is 5.32 Å². The minimum atomic E-state index is -0.253. The molecule has 0 atom stereocenters. The fourth-order valence-electron chi connectivity index (χ4n) is 3.87. The lowest BCUT2D eigenvalue weighted by Gasteiger charge is -2.39. The zero-order valence-corrected chi connectivity index (χ0v) is 13.7. The van der Waals surface area contributed by atoms with Crippen molar-refractivity contribution in [3.63, 3.8) is 0 Å². The largest absolute Gasteiger partial charge is 0.379 e. The summed E-state index contributed by atoms with van der Waals surface area (Å²) in [5.41, 5.74) is 0.774. The van der Waals surface area contributed by atoms with Crippen molar-refractivity contribution in [1.29, 1.82) is 0 Å². The van der Waals surface area contributed by atoms with Gasteiger partial charge in [-0.2, -0.15) is 0 Å². The molecule has 5 nitrogen and oxygen atoms in total. The number of ether oxygens (including phenoxy) is 1. The molecule has 2 aromatic rings. The van der Waals surface area contributed by atoms with Crippen LogP contribution in [0.5, 0.6) is 0 Å². The summed E-state index contributed by atoms with van der Waals surface area (Å²) in [5, 5.41) is 4.27. The van der Waals surface area contributed by atoms with Gasteiger partial charge in [-0.15, -0.1) is 0 Å². The number of nitrogens with one attached hydrogen (secondary N) is 1. The van der Waals surface area contributed by atoms with Crippen LogP contribution in [0.4, 0.5) is 10.2 Å². The molecule has 1 aromatic carbocycles. The van der Waals surface area contributed by atoms with Crippen molar-refractivity contribution in [3.05, 3.63) is 30.3 Å². The van der Waals surface area contributed by atoms with Crippen LogP contribution in [0.2, 0.25) is 0 Å². The zero-order chi connectivity index (χ0) is 16.4. The Balaban J connectivity index is 1.41. The highest BCUT2D eigenvalue weighted by atomic mass is 19.1.